The maximum atomic E-state index is 11.5. The van der Waals surface area contributed by atoms with Gasteiger partial charge in [0.1, 0.15) is 0 Å². The third-order valence-corrected chi connectivity index (χ3v) is 3.08. The topological polar surface area (TPSA) is 52.6 Å². The lowest BCUT2D eigenvalue weighted by Gasteiger charge is -2.04. The lowest BCUT2D eigenvalue weighted by atomic mass is 10.2. The van der Waals surface area contributed by atoms with Crippen molar-refractivity contribution in [3.63, 3.8) is 0 Å². The van der Waals surface area contributed by atoms with Gasteiger partial charge in [0, 0.05) is 11.6 Å². The van der Waals surface area contributed by atoms with Crippen molar-refractivity contribution in [2.75, 3.05) is 13.2 Å². The minimum Gasteiger partial charge on any atom is -0.463 e. The molecular weight excluding hydrogens is 292 g/mol. The fourth-order valence-corrected chi connectivity index (χ4v) is 1.80. The van der Waals surface area contributed by atoms with E-state index in [2.05, 4.69) is 6.58 Å². The molecule has 1 aromatic rings. The van der Waals surface area contributed by atoms with Gasteiger partial charge in [-0.05, 0) is 44.2 Å². The van der Waals surface area contributed by atoms with Crippen molar-refractivity contribution in [3.8, 4) is 0 Å². The Morgan fingerprint density at radius 3 is 2.22 bits per heavy atom. The number of ether oxygens (including phenoxy) is 2. The number of carbonyl (C=O) groups is 2. The zero-order valence-electron chi connectivity index (χ0n) is 13.6. The first-order valence-electron chi connectivity index (χ1n) is 7.82. The van der Waals surface area contributed by atoms with Crippen molar-refractivity contribution >= 4 is 18.0 Å². The van der Waals surface area contributed by atoms with Crippen molar-refractivity contribution in [1.29, 1.82) is 0 Å². The number of carbonyl (C=O) groups excluding carboxylic acids is 2. The van der Waals surface area contributed by atoms with Crippen molar-refractivity contribution < 1.29 is 19.1 Å². The van der Waals surface area contributed by atoms with E-state index >= 15 is 0 Å². The molecule has 0 aliphatic heterocycles. The van der Waals surface area contributed by atoms with E-state index in [-0.39, 0.29) is 11.9 Å². The fraction of sp³-hybridized carbons (Fsp3) is 0.368. The van der Waals surface area contributed by atoms with Crippen LogP contribution in [-0.4, -0.2) is 25.2 Å². The second kappa shape index (κ2) is 11.2. The molecule has 4 heteroatoms. The van der Waals surface area contributed by atoms with E-state index in [1.54, 1.807) is 13.0 Å². The summed E-state index contributed by atoms with van der Waals surface area (Å²) in [5, 5.41) is 0. The molecule has 124 valence electrons. The van der Waals surface area contributed by atoms with Crippen LogP contribution in [0.15, 0.2) is 48.6 Å². The molecule has 0 heterocycles. The highest BCUT2D eigenvalue weighted by atomic mass is 16.5. The Morgan fingerprint density at radius 1 is 1.00 bits per heavy atom. The van der Waals surface area contributed by atoms with Gasteiger partial charge in [0.05, 0.1) is 13.2 Å². The van der Waals surface area contributed by atoms with E-state index in [0.717, 1.165) is 31.2 Å². The lowest BCUT2D eigenvalue weighted by Crippen LogP contribution is -2.06. The number of hydrogen-bond donors (Lipinski definition) is 0. The van der Waals surface area contributed by atoms with Crippen molar-refractivity contribution in [1.82, 2.24) is 0 Å². The molecule has 0 unspecified atom stereocenters. The van der Waals surface area contributed by atoms with E-state index in [9.17, 15) is 9.59 Å². The van der Waals surface area contributed by atoms with Crippen molar-refractivity contribution in [3.05, 3.63) is 54.1 Å². The number of benzene rings is 1. The minimum absolute atomic E-state index is 0.329. The highest BCUT2D eigenvalue weighted by Crippen LogP contribution is 2.04. The highest BCUT2D eigenvalue weighted by Gasteiger charge is 2.02. The smallest absolute Gasteiger partial charge is 0.333 e. The van der Waals surface area contributed by atoms with Crippen LogP contribution in [0.4, 0.5) is 0 Å². The number of esters is 2. The zero-order chi connectivity index (χ0) is 16.9. The highest BCUT2D eigenvalue weighted by molar-refractivity contribution is 5.87. The molecule has 0 N–H and O–H groups in total. The molecule has 0 aromatic heterocycles. The molecule has 0 saturated heterocycles. The van der Waals surface area contributed by atoms with Crippen LogP contribution in [0.1, 0.15) is 38.2 Å². The third-order valence-electron chi connectivity index (χ3n) is 3.08. The van der Waals surface area contributed by atoms with Gasteiger partial charge in [-0.2, -0.15) is 0 Å². The first-order chi connectivity index (χ1) is 11.1. The fourth-order valence-electron chi connectivity index (χ4n) is 1.80. The summed E-state index contributed by atoms with van der Waals surface area (Å²) in [5.74, 6) is -0.673. The van der Waals surface area contributed by atoms with Crippen LogP contribution in [0, 0.1) is 0 Å². The Balaban J connectivity index is 2.00. The molecule has 4 nitrogen and oxygen atoms in total. The van der Waals surface area contributed by atoms with Gasteiger partial charge in [0.2, 0.25) is 0 Å². The van der Waals surface area contributed by atoms with Crippen LogP contribution in [0.3, 0.4) is 0 Å². The zero-order valence-corrected chi connectivity index (χ0v) is 13.6. The van der Waals surface area contributed by atoms with Gasteiger partial charge < -0.3 is 9.47 Å². The van der Waals surface area contributed by atoms with Crippen LogP contribution in [0.5, 0.6) is 0 Å². The van der Waals surface area contributed by atoms with Crippen LogP contribution < -0.4 is 0 Å². The molecule has 1 rings (SSSR count). The third kappa shape index (κ3) is 9.30. The summed E-state index contributed by atoms with van der Waals surface area (Å²) < 4.78 is 10.1. The summed E-state index contributed by atoms with van der Waals surface area (Å²) in [6.07, 6.45) is 6.64. The van der Waals surface area contributed by atoms with Gasteiger partial charge in [0.25, 0.3) is 0 Å². The van der Waals surface area contributed by atoms with Crippen LogP contribution >= 0.6 is 0 Å². The molecule has 0 aliphatic carbocycles. The second-order valence-electron chi connectivity index (χ2n) is 5.24. The van der Waals surface area contributed by atoms with Gasteiger partial charge in [-0.3, -0.25) is 0 Å². The van der Waals surface area contributed by atoms with E-state index in [4.69, 9.17) is 9.47 Å². The summed E-state index contributed by atoms with van der Waals surface area (Å²) in [4.78, 5) is 22.6. The standard InChI is InChI=1S/C19H24O4/c1-16(2)19(21)23-15-9-4-3-8-14-22-18(20)13-12-17-10-6-5-7-11-17/h5-7,10-13H,1,3-4,8-9,14-15H2,2H3/b13-12+. The molecule has 0 aliphatic rings. The Morgan fingerprint density at radius 2 is 1.61 bits per heavy atom. The van der Waals surface area contributed by atoms with Crippen LogP contribution in [0.25, 0.3) is 6.08 Å². The monoisotopic (exact) mass is 316 g/mol. The first-order valence-corrected chi connectivity index (χ1v) is 7.82. The average Bonchev–Trinajstić information content (AvgIpc) is 2.56. The average molecular weight is 316 g/mol. The molecule has 0 fully saturated rings. The number of rotatable bonds is 10. The molecule has 0 spiro atoms. The van der Waals surface area contributed by atoms with Gasteiger partial charge in [0.15, 0.2) is 0 Å². The molecule has 0 amide bonds. The molecule has 0 bridgehead atoms. The summed E-state index contributed by atoms with van der Waals surface area (Å²) in [6.45, 7) is 5.96. The van der Waals surface area contributed by atoms with Gasteiger partial charge in [-0.25, -0.2) is 9.59 Å². The maximum absolute atomic E-state index is 11.5. The van der Waals surface area contributed by atoms with E-state index < -0.39 is 0 Å². The largest absolute Gasteiger partial charge is 0.463 e. The van der Waals surface area contributed by atoms with Crippen LogP contribution in [0.2, 0.25) is 0 Å². The Kier molecular flexibility index (Phi) is 9.13. The molecule has 0 radical (unpaired) electrons. The van der Waals surface area contributed by atoms with Gasteiger partial charge in [-0.1, -0.05) is 36.9 Å². The SMILES string of the molecule is C=C(C)C(=O)OCCCCCCOC(=O)/C=C/c1ccccc1. The second-order valence-corrected chi connectivity index (χ2v) is 5.24. The summed E-state index contributed by atoms with van der Waals surface area (Å²) >= 11 is 0. The van der Waals surface area contributed by atoms with E-state index in [0.29, 0.717) is 18.8 Å². The maximum Gasteiger partial charge on any atom is 0.333 e. The lowest BCUT2D eigenvalue weighted by molar-refractivity contribution is -0.139. The summed E-state index contributed by atoms with van der Waals surface area (Å²) in [5.41, 5.74) is 1.38. The van der Waals surface area contributed by atoms with Gasteiger partial charge in [-0.15, -0.1) is 0 Å². The molecule has 0 atom stereocenters. The van der Waals surface area contributed by atoms with Crippen molar-refractivity contribution in [2.45, 2.75) is 32.6 Å². The molecule has 1 aromatic carbocycles. The Hall–Kier alpha value is -2.36. The Bertz CT molecular complexity index is 532. The predicted octanol–water partition coefficient (Wildman–Crippen LogP) is 3.92. The number of hydrogen-bond acceptors (Lipinski definition) is 4. The minimum atomic E-state index is -0.343. The Labute approximate surface area is 137 Å². The van der Waals surface area contributed by atoms with E-state index in [1.807, 2.05) is 30.3 Å². The molecule has 0 saturated carbocycles. The predicted molar refractivity (Wildman–Crippen MR) is 90.7 cm³/mol. The molecular formula is C19H24O4. The normalized spacial score (nSPS) is 10.5. The van der Waals surface area contributed by atoms with Crippen molar-refractivity contribution in [2.24, 2.45) is 0 Å². The molecule has 23 heavy (non-hydrogen) atoms. The van der Waals surface area contributed by atoms with Crippen LogP contribution in [-0.2, 0) is 19.1 Å². The summed E-state index contributed by atoms with van der Waals surface area (Å²) in [7, 11) is 0. The first kappa shape index (κ1) is 18.7. The quantitative estimate of drug-likeness (QED) is 0.373. The van der Waals surface area contributed by atoms with E-state index in [1.165, 1.54) is 6.08 Å². The van der Waals surface area contributed by atoms with Gasteiger partial charge >= 0.3 is 11.9 Å². The number of unbranched alkanes of at least 4 members (excludes halogenated alkanes) is 3. The summed E-state index contributed by atoms with van der Waals surface area (Å²) in [6, 6.07) is 9.60.